The number of rotatable bonds is 2. The van der Waals surface area contributed by atoms with Crippen molar-refractivity contribution in [3.63, 3.8) is 0 Å². The summed E-state index contributed by atoms with van der Waals surface area (Å²) in [6.07, 6.45) is 1.69. The predicted octanol–water partition coefficient (Wildman–Crippen LogP) is 2.36. The lowest BCUT2D eigenvalue weighted by Crippen LogP contribution is -2.13. The van der Waals surface area contributed by atoms with Crippen LogP contribution in [0.4, 0.5) is 0 Å². The molecule has 0 N–H and O–H groups in total. The number of sulfone groups is 1. The van der Waals surface area contributed by atoms with E-state index in [-0.39, 0.29) is 0 Å². The van der Waals surface area contributed by atoms with Gasteiger partial charge in [-0.15, -0.1) is 0 Å². The van der Waals surface area contributed by atoms with E-state index in [9.17, 15) is 8.42 Å². The molecule has 0 aliphatic rings. The molecular formula is C12H15NO2S. The van der Waals surface area contributed by atoms with Crippen molar-refractivity contribution in [2.45, 2.75) is 24.0 Å². The summed E-state index contributed by atoms with van der Waals surface area (Å²) in [6, 6.07) is 7.55. The smallest absolute Gasteiger partial charge is 0.182 e. The zero-order valence-electron chi connectivity index (χ0n) is 9.64. The number of aryl methyl sites for hydroxylation is 1. The second-order valence-electron chi connectivity index (χ2n) is 4.22. The van der Waals surface area contributed by atoms with Gasteiger partial charge in [0.25, 0.3) is 0 Å². The van der Waals surface area contributed by atoms with E-state index in [1.54, 1.807) is 20.0 Å². The summed E-state index contributed by atoms with van der Waals surface area (Å²) < 4.78 is 26.1. The van der Waals surface area contributed by atoms with E-state index in [2.05, 4.69) is 0 Å². The molecule has 0 atom stereocenters. The fourth-order valence-corrected chi connectivity index (χ4v) is 3.08. The fraction of sp³-hybridized carbons (Fsp3) is 0.333. The van der Waals surface area contributed by atoms with E-state index in [1.807, 2.05) is 35.9 Å². The zero-order chi connectivity index (χ0) is 11.9. The Hall–Kier alpha value is -1.29. The van der Waals surface area contributed by atoms with E-state index in [0.717, 1.165) is 10.9 Å². The molecule has 0 saturated carbocycles. The molecule has 0 amide bonds. The minimum atomic E-state index is -3.20. The number of para-hydroxylation sites is 1. The Labute approximate surface area is 95.6 Å². The number of nitrogens with zero attached hydrogens (tertiary/aromatic N) is 1. The third-order valence-corrected chi connectivity index (χ3v) is 4.97. The van der Waals surface area contributed by atoms with Crippen LogP contribution in [0.2, 0.25) is 0 Å². The lowest BCUT2D eigenvalue weighted by molar-refractivity contribution is 0.588. The monoisotopic (exact) mass is 237 g/mol. The van der Waals surface area contributed by atoms with Crippen molar-refractivity contribution in [2.75, 3.05) is 0 Å². The number of benzene rings is 1. The molecule has 86 valence electrons. The van der Waals surface area contributed by atoms with Crippen LogP contribution in [0.5, 0.6) is 0 Å². The number of hydrogen-bond acceptors (Lipinski definition) is 2. The van der Waals surface area contributed by atoms with Gasteiger partial charge in [-0.25, -0.2) is 8.42 Å². The van der Waals surface area contributed by atoms with Crippen LogP contribution in [-0.2, 0) is 16.9 Å². The van der Waals surface area contributed by atoms with Crippen LogP contribution >= 0.6 is 0 Å². The quantitative estimate of drug-likeness (QED) is 0.804. The molecule has 4 heteroatoms. The minimum absolute atomic E-state index is 0.390. The maximum Gasteiger partial charge on any atom is 0.182 e. The largest absolute Gasteiger partial charge is 0.349 e. The van der Waals surface area contributed by atoms with Gasteiger partial charge in [-0.2, -0.15) is 0 Å². The van der Waals surface area contributed by atoms with Gasteiger partial charge in [0.05, 0.1) is 10.1 Å². The van der Waals surface area contributed by atoms with Gasteiger partial charge >= 0.3 is 0 Å². The van der Waals surface area contributed by atoms with Crippen molar-refractivity contribution in [2.24, 2.45) is 7.05 Å². The van der Waals surface area contributed by atoms with Gasteiger partial charge in [0.2, 0.25) is 0 Å². The van der Waals surface area contributed by atoms with Crippen molar-refractivity contribution >= 4 is 20.7 Å². The van der Waals surface area contributed by atoms with Crippen LogP contribution in [0.3, 0.4) is 0 Å². The molecule has 0 unspecified atom stereocenters. The predicted molar refractivity (Wildman–Crippen MR) is 65.2 cm³/mol. The normalized spacial score (nSPS) is 12.5. The summed E-state index contributed by atoms with van der Waals surface area (Å²) in [5.41, 5.74) is 0.946. The minimum Gasteiger partial charge on any atom is -0.349 e. The molecule has 0 radical (unpaired) electrons. The van der Waals surface area contributed by atoms with E-state index in [1.165, 1.54) is 0 Å². The first-order chi connectivity index (χ1) is 7.44. The number of fused-ring (bicyclic) bond motifs is 1. The van der Waals surface area contributed by atoms with E-state index in [0.29, 0.717) is 4.90 Å². The van der Waals surface area contributed by atoms with Crippen molar-refractivity contribution < 1.29 is 8.42 Å². The maximum absolute atomic E-state index is 12.1. The van der Waals surface area contributed by atoms with Crippen molar-refractivity contribution in [3.8, 4) is 0 Å². The highest BCUT2D eigenvalue weighted by molar-refractivity contribution is 7.92. The summed E-state index contributed by atoms with van der Waals surface area (Å²) in [5, 5.41) is 0.414. The average molecular weight is 237 g/mol. The lowest BCUT2D eigenvalue weighted by atomic mass is 10.2. The Kier molecular flexibility index (Phi) is 2.54. The zero-order valence-corrected chi connectivity index (χ0v) is 10.5. The fourth-order valence-electron chi connectivity index (χ4n) is 1.79. The van der Waals surface area contributed by atoms with Gasteiger partial charge < -0.3 is 4.57 Å². The van der Waals surface area contributed by atoms with Gasteiger partial charge in [-0.3, -0.25) is 0 Å². The molecule has 2 rings (SSSR count). The van der Waals surface area contributed by atoms with E-state index in [4.69, 9.17) is 0 Å². The molecular weight excluding hydrogens is 222 g/mol. The van der Waals surface area contributed by atoms with Crippen LogP contribution < -0.4 is 0 Å². The third kappa shape index (κ3) is 1.53. The Morgan fingerprint density at radius 2 is 1.81 bits per heavy atom. The van der Waals surface area contributed by atoms with Crippen molar-refractivity contribution in [1.29, 1.82) is 0 Å². The molecule has 3 nitrogen and oxygen atoms in total. The molecule has 0 aliphatic carbocycles. The molecule has 2 aromatic rings. The Bertz CT molecular complexity index is 624. The third-order valence-electron chi connectivity index (χ3n) is 2.79. The summed E-state index contributed by atoms with van der Waals surface area (Å²) in [7, 11) is -1.34. The molecule has 16 heavy (non-hydrogen) atoms. The number of aromatic nitrogens is 1. The second-order valence-corrected chi connectivity index (χ2v) is 6.69. The van der Waals surface area contributed by atoms with Crippen LogP contribution in [0, 0.1) is 0 Å². The molecule has 0 aliphatic heterocycles. The van der Waals surface area contributed by atoms with Crippen LogP contribution in [-0.4, -0.2) is 18.2 Å². The van der Waals surface area contributed by atoms with Crippen LogP contribution in [0.25, 0.3) is 10.9 Å². The Morgan fingerprint density at radius 1 is 1.19 bits per heavy atom. The first kappa shape index (κ1) is 11.2. The lowest BCUT2D eigenvalue weighted by Gasteiger charge is -2.05. The van der Waals surface area contributed by atoms with Crippen molar-refractivity contribution in [1.82, 2.24) is 4.57 Å². The van der Waals surface area contributed by atoms with Crippen LogP contribution in [0.1, 0.15) is 13.8 Å². The van der Waals surface area contributed by atoms with Crippen molar-refractivity contribution in [3.05, 3.63) is 30.5 Å². The topological polar surface area (TPSA) is 39.1 Å². The van der Waals surface area contributed by atoms with Gasteiger partial charge in [0.1, 0.15) is 0 Å². The molecule has 0 fully saturated rings. The highest BCUT2D eigenvalue weighted by Gasteiger charge is 2.23. The maximum atomic E-state index is 12.1. The number of hydrogen-bond donors (Lipinski definition) is 0. The summed E-state index contributed by atoms with van der Waals surface area (Å²) in [6.45, 7) is 3.41. The van der Waals surface area contributed by atoms with Gasteiger partial charge in [0, 0.05) is 24.1 Å². The molecule has 1 aromatic carbocycles. The molecule has 1 aromatic heterocycles. The highest BCUT2D eigenvalue weighted by atomic mass is 32.2. The van der Waals surface area contributed by atoms with E-state index >= 15 is 0 Å². The second kappa shape index (κ2) is 3.63. The standard InChI is InChI=1S/C12H15NO2S/c1-9(2)16(14,15)12-8-13(3)11-7-5-4-6-10(11)12/h4-9H,1-3H3. The SMILES string of the molecule is CC(C)S(=O)(=O)c1cn(C)c2ccccc12. The van der Waals surface area contributed by atoms with Gasteiger partial charge in [-0.1, -0.05) is 18.2 Å². The summed E-state index contributed by atoms with van der Waals surface area (Å²) in [4.78, 5) is 0.431. The van der Waals surface area contributed by atoms with Gasteiger partial charge in [0.15, 0.2) is 9.84 Å². The first-order valence-electron chi connectivity index (χ1n) is 5.22. The molecule has 0 spiro atoms. The van der Waals surface area contributed by atoms with E-state index < -0.39 is 15.1 Å². The average Bonchev–Trinajstić information content (AvgIpc) is 2.57. The van der Waals surface area contributed by atoms with Gasteiger partial charge in [-0.05, 0) is 19.9 Å². The summed E-state index contributed by atoms with van der Waals surface area (Å²) in [5.74, 6) is 0. The molecule has 0 bridgehead atoms. The highest BCUT2D eigenvalue weighted by Crippen LogP contribution is 2.27. The Morgan fingerprint density at radius 3 is 2.44 bits per heavy atom. The van der Waals surface area contributed by atoms with Crippen LogP contribution in [0.15, 0.2) is 35.4 Å². The molecule has 0 saturated heterocycles. The Balaban J connectivity index is 2.81. The summed E-state index contributed by atoms with van der Waals surface area (Å²) >= 11 is 0. The first-order valence-corrected chi connectivity index (χ1v) is 6.77. The molecule has 1 heterocycles.